The van der Waals surface area contributed by atoms with E-state index in [1.807, 2.05) is 121 Å². The minimum Gasteiger partial charge on any atom is -0.457 e. The number of carbonyl (C=O) groups excluding carboxylic acids is 1. The summed E-state index contributed by atoms with van der Waals surface area (Å²) in [6.45, 7) is 0.547. The molecule has 1 heterocycles. The van der Waals surface area contributed by atoms with Gasteiger partial charge in [-0.1, -0.05) is 71.9 Å². The van der Waals surface area contributed by atoms with Crippen molar-refractivity contribution in [2.24, 2.45) is 0 Å². The zero-order valence-electron chi connectivity index (χ0n) is 20.7. The Kier molecular flexibility index (Phi) is 8.06. The average molecular weight is 541 g/mol. The van der Waals surface area contributed by atoms with E-state index in [2.05, 4.69) is 10.2 Å². The summed E-state index contributed by atoms with van der Waals surface area (Å²) in [4.78, 5) is 14.6. The fraction of sp³-hybridized carbons (Fsp3) is 0.100. The predicted molar refractivity (Wildman–Crippen MR) is 152 cm³/mol. The fourth-order valence-corrected chi connectivity index (χ4v) is 4.87. The lowest BCUT2D eigenvalue weighted by Crippen LogP contribution is -2.27. The highest BCUT2D eigenvalue weighted by molar-refractivity contribution is 7.99. The van der Waals surface area contributed by atoms with Crippen molar-refractivity contribution < 1.29 is 9.53 Å². The van der Waals surface area contributed by atoms with E-state index >= 15 is 0 Å². The summed E-state index contributed by atoms with van der Waals surface area (Å²) in [5.41, 5.74) is 2.80. The Balaban J connectivity index is 1.38. The molecule has 5 rings (SSSR count). The molecule has 190 valence electrons. The van der Waals surface area contributed by atoms with Crippen LogP contribution < -0.4 is 4.74 Å². The second-order valence-electron chi connectivity index (χ2n) is 8.58. The molecule has 0 saturated carbocycles. The van der Waals surface area contributed by atoms with Gasteiger partial charge in [0.25, 0.3) is 0 Å². The minimum atomic E-state index is 0.00746. The van der Waals surface area contributed by atoms with Crippen molar-refractivity contribution in [3.63, 3.8) is 0 Å². The lowest BCUT2D eigenvalue weighted by atomic mass is 10.2. The van der Waals surface area contributed by atoms with E-state index in [1.165, 1.54) is 11.8 Å². The van der Waals surface area contributed by atoms with Crippen molar-refractivity contribution >= 4 is 29.3 Å². The van der Waals surface area contributed by atoms with Gasteiger partial charge in [-0.3, -0.25) is 9.36 Å². The number of aromatic nitrogens is 3. The molecule has 0 aliphatic rings. The lowest BCUT2D eigenvalue weighted by molar-refractivity contribution is -0.127. The van der Waals surface area contributed by atoms with Gasteiger partial charge in [-0.15, -0.1) is 10.2 Å². The van der Waals surface area contributed by atoms with E-state index in [0.717, 1.165) is 22.6 Å². The van der Waals surface area contributed by atoms with Gasteiger partial charge in [0, 0.05) is 29.9 Å². The average Bonchev–Trinajstić information content (AvgIpc) is 3.37. The molecular weight excluding hydrogens is 516 g/mol. The van der Waals surface area contributed by atoms with Gasteiger partial charge >= 0.3 is 0 Å². The number of thioether (sulfide) groups is 1. The van der Waals surface area contributed by atoms with Crippen molar-refractivity contribution in [3.8, 4) is 28.6 Å². The summed E-state index contributed by atoms with van der Waals surface area (Å²) in [5.74, 6) is 2.38. The quantitative estimate of drug-likeness (QED) is 0.186. The number of para-hydroxylation sites is 1. The van der Waals surface area contributed by atoms with Crippen LogP contribution in [0.4, 0.5) is 0 Å². The number of amides is 1. The molecule has 0 aliphatic carbocycles. The zero-order chi connectivity index (χ0) is 26.3. The Morgan fingerprint density at radius 2 is 1.47 bits per heavy atom. The molecule has 1 aromatic heterocycles. The normalized spacial score (nSPS) is 10.8. The predicted octanol–water partition coefficient (Wildman–Crippen LogP) is 7.13. The van der Waals surface area contributed by atoms with Crippen LogP contribution in [-0.4, -0.2) is 38.4 Å². The minimum absolute atomic E-state index is 0.00746. The maximum absolute atomic E-state index is 12.9. The number of ether oxygens (including phenoxy) is 1. The monoisotopic (exact) mass is 540 g/mol. The van der Waals surface area contributed by atoms with E-state index in [4.69, 9.17) is 16.3 Å². The van der Waals surface area contributed by atoms with Crippen LogP contribution in [0.25, 0.3) is 17.1 Å². The standard InChI is InChI=1S/C30H25ClN4O2S/c1-34(20-22-8-4-2-5-9-22)28(36)21-38-30-33-32-29(23-12-14-24(31)15-13-23)35(30)25-16-18-27(19-17-25)37-26-10-6-3-7-11-26/h2-19H,20-21H2,1H3. The number of hydrogen-bond acceptors (Lipinski definition) is 5. The van der Waals surface area contributed by atoms with E-state index in [0.29, 0.717) is 28.3 Å². The van der Waals surface area contributed by atoms with Gasteiger partial charge in [-0.25, -0.2) is 0 Å². The Labute approximate surface area is 230 Å². The Hall–Kier alpha value is -4.07. The van der Waals surface area contributed by atoms with E-state index < -0.39 is 0 Å². The van der Waals surface area contributed by atoms with Gasteiger partial charge in [-0.05, 0) is 66.2 Å². The summed E-state index contributed by atoms with van der Waals surface area (Å²) < 4.78 is 7.90. The summed E-state index contributed by atoms with van der Waals surface area (Å²) >= 11 is 7.47. The molecule has 0 aliphatic heterocycles. The third-order valence-corrected chi connectivity index (χ3v) is 6.99. The molecule has 0 spiro atoms. The molecule has 0 atom stereocenters. The van der Waals surface area contributed by atoms with E-state index in [1.54, 1.807) is 4.90 Å². The van der Waals surface area contributed by atoms with E-state index in [9.17, 15) is 4.79 Å². The van der Waals surface area contributed by atoms with Crippen molar-refractivity contribution in [2.75, 3.05) is 12.8 Å². The molecule has 0 saturated heterocycles. The van der Waals surface area contributed by atoms with Crippen LogP contribution >= 0.6 is 23.4 Å². The Bertz CT molecular complexity index is 1490. The lowest BCUT2D eigenvalue weighted by Gasteiger charge is -2.17. The Morgan fingerprint density at radius 3 is 2.16 bits per heavy atom. The SMILES string of the molecule is CN(Cc1ccccc1)C(=O)CSc1nnc(-c2ccc(Cl)cc2)n1-c1ccc(Oc2ccccc2)cc1. The number of benzene rings is 4. The number of nitrogens with zero attached hydrogens (tertiary/aromatic N) is 4. The highest BCUT2D eigenvalue weighted by atomic mass is 35.5. The van der Waals surface area contributed by atoms with Gasteiger partial charge in [0.2, 0.25) is 5.91 Å². The van der Waals surface area contributed by atoms with E-state index in [-0.39, 0.29) is 11.7 Å². The Morgan fingerprint density at radius 1 is 0.842 bits per heavy atom. The largest absolute Gasteiger partial charge is 0.457 e. The van der Waals surface area contributed by atoms with Crippen LogP contribution in [0.5, 0.6) is 11.5 Å². The first-order chi connectivity index (χ1) is 18.6. The maximum Gasteiger partial charge on any atom is 0.233 e. The number of halogens is 1. The number of carbonyl (C=O) groups is 1. The van der Waals surface area contributed by atoms with Crippen LogP contribution in [-0.2, 0) is 11.3 Å². The van der Waals surface area contributed by atoms with Crippen LogP contribution in [0.15, 0.2) is 114 Å². The molecule has 0 N–H and O–H groups in total. The van der Waals surface area contributed by atoms with Crippen LogP contribution in [0, 0.1) is 0 Å². The maximum atomic E-state index is 12.9. The molecule has 1 amide bonds. The summed E-state index contributed by atoms with van der Waals surface area (Å²) in [5, 5.41) is 10.2. The number of hydrogen-bond donors (Lipinski definition) is 0. The van der Waals surface area contributed by atoms with Crippen molar-refractivity contribution in [1.29, 1.82) is 0 Å². The molecule has 5 aromatic rings. The molecule has 6 nitrogen and oxygen atoms in total. The molecule has 38 heavy (non-hydrogen) atoms. The highest BCUT2D eigenvalue weighted by Crippen LogP contribution is 2.30. The van der Waals surface area contributed by atoms with Gasteiger partial charge in [0.15, 0.2) is 11.0 Å². The second kappa shape index (κ2) is 12.0. The fourth-order valence-electron chi connectivity index (χ4n) is 3.85. The topological polar surface area (TPSA) is 60.2 Å². The highest BCUT2D eigenvalue weighted by Gasteiger charge is 2.19. The molecule has 0 fully saturated rings. The first-order valence-electron chi connectivity index (χ1n) is 12.0. The molecule has 0 unspecified atom stereocenters. The van der Waals surface area contributed by atoms with Gasteiger partial charge in [0.05, 0.1) is 5.75 Å². The third-order valence-electron chi connectivity index (χ3n) is 5.82. The zero-order valence-corrected chi connectivity index (χ0v) is 22.3. The first-order valence-corrected chi connectivity index (χ1v) is 13.4. The summed E-state index contributed by atoms with van der Waals surface area (Å²) in [6.07, 6.45) is 0. The van der Waals surface area contributed by atoms with Crippen molar-refractivity contribution in [3.05, 3.63) is 120 Å². The van der Waals surface area contributed by atoms with Crippen LogP contribution in [0.2, 0.25) is 5.02 Å². The number of rotatable bonds is 9. The first kappa shape index (κ1) is 25.6. The molecule has 0 radical (unpaired) electrons. The second-order valence-corrected chi connectivity index (χ2v) is 9.96. The molecular formula is C30H25ClN4O2S. The summed E-state index contributed by atoms with van der Waals surface area (Å²) in [7, 11) is 1.81. The van der Waals surface area contributed by atoms with Gasteiger partial charge in [-0.2, -0.15) is 0 Å². The van der Waals surface area contributed by atoms with Crippen LogP contribution in [0.1, 0.15) is 5.56 Å². The van der Waals surface area contributed by atoms with Gasteiger partial charge < -0.3 is 9.64 Å². The summed E-state index contributed by atoms with van der Waals surface area (Å²) in [6, 6.07) is 34.7. The molecule has 4 aromatic carbocycles. The molecule has 0 bridgehead atoms. The third kappa shape index (κ3) is 6.25. The van der Waals surface area contributed by atoms with Crippen molar-refractivity contribution in [2.45, 2.75) is 11.7 Å². The van der Waals surface area contributed by atoms with Crippen LogP contribution in [0.3, 0.4) is 0 Å². The molecule has 8 heteroatoms. The van der Waals surface area contributed by atoms with Crippen molar-refractivity contribution in [1.82, 2.24) is 19.7 Å². The smallest absolute Gasteiger partial charge is 0.233 e. The van der Waals surface area contributed by atoms with Gasteiger partial charge in [0.1, 0.15) is 11.5 Å².